The lowest BCUT2D eigenvalue weighted by molar-refractivity contribution is -0.139. The molecule has 0 saturated heterocycles. The number of nitrogens with two attached hydrogens (primary N) is 2. The second-order valence-corrected chi connectivity index (χ2v) is 3.37. The summed E-state index contributed by atoms with van der Waals surface area (Å²) in [5.74, 6) is -2.20. The number of carbonyl (C=O) groups is 2. The second kappa shape index (κ2) is 11.9. The van der Waals surface area contributed by atoms with Gasteiger partial charge >= 0.3 is 11.9 Å². The molecule has 96 valence electrons. The minimum absolute atomic E-state index is 0.0231. The first-order valence-electron chi connectivity index (χ1n) is 5.35. The molecule has 6 nitrogen and oxygen atoms in total. The zero-order chi connectivity index (χ0) is 13.0. The van der Waals surface area contributed by atoms with Gasteiger partial charge in [-0.3, -0.25) is 9.59 Å². The molecule has 0 aromatic heterocycles. The van der Waals surface area contributed by atoms with Gasteiger partial charge in [0.05, 0.1) is 0 Å². The maximum absolute atomic E-state index is 9.99. The molecular formula is C10H22N2O4. The van der Waals surface area contributed by atoms with Crippen molar-refractivity contribution in [3.8, 4) is 0 Å². The number of carboxylic acid groups (broad SMARTS) is 2. The standard InChI is InChI=1S/C5H9NO4.C5H13N/c6-3(5(9)10)1-2-4(7)8;1-2-3-4-5-6/h3H,1-2,6H2,(H,7,8)(H,9,10);2-6H2,1H3. The third-order valence-electron chi connectivity index (χ3n) is 1.79. The average Bonchev–Trinajstić information content (AvgIpc) is 2.23. The Balaban J connectivity index is 0. The first-order valence-corrected chi connectivity index (χ1v) is 5.35. The predicted molar refractivity (Wildman–Crippen MR) is 61.1 cm³/mol. The van der Waals surface area contributed by atoms with Crippen molar-refractivity contribution >= 4 is 11.9 Å². The Morgan fingerprint density at radius 3 is 2.06 bits per heavy atom. The van der Waals surface area contributed by atoms with Crippen LogP contribution in [-0.2, 0) is 9.59 Å². The van der Waals surface area contributed by atoms with Gasteiger partial charge in [-0.2, -0.15) is 0 Å². The minimum Gasteiger partial charge on any atom is -0.481 e. The van der Waals surface area contributed by atoms with E-state index in [1.165, 1.54) is 19.3 Å². The molecule has 0 spiro atoms. The van der Waals surface area contributed by atoms with E-state index in [-0.39, 0.29) is 12.8 Å². The van der Waals surface area contributed by atoms with Crippen LogP contribution in [0.25, 0.3) is 0 Å². The normalized spacial score (nSPS) is 11.2. The molecule has 0 aliphatic heterocycles. The zero-order valence-corrected chi connectivity index (χ0v) is 9.69. The van der Waals surface area contributed by atoms with E-state index in [0.29, 0.717) is 0 Å². The highest BCUT2D eigenvalue weighted by Crippen LogP contribution is 1.93. The van der Waals surface area contributed by atoms with Gasteiger partial charge in [-0.15, -0.1) is 0 Å². The van der Waals surface area contributed by atoms with Crippen LogP contribution in [0.1, 0.15) is 39.0 Å². The van der Waals surface area contributed by atoms with Crippen molar-refractivity contribution in [1.82, 2.24) is 0 Å². The smallest absolute Gasteiger partial charge is 0.320 e. The van der Waals surface area contributed by atoms with E-state index in [0.717, 1.165) is 6.54 Å². The molecule has 0 aliphatic carbocycles. The number of rotatable bonds is 7. The molecule has 0 heterocycles. The van der Waals surface area contributed by atoms with Crippen molar-refractivity contribution in [1.29, 1.82) is 0 Å². The van der Waals surface area contributed by atoms with Gasteiger partial charge in [-0.1, -0.05) is 19.8 Å². The molecule has 0 aromatic rings. The number of unbranched alkanes of at least 4 members (excludes halogenated alkanes) is 2. The summed E-state index contributed by atoms with van der Waals surface area (Å²) in [4.78, 5) is 19.9. The Labute approximate surface area is 95.6 Å². The average molecular weight is 234 g/mol. The van der Waals surface area contributed by atoms with E-state index < -0.39 is 18.0 Å². The first kappa shape index (κ1) is 17.3. The van der Waals surface area contributed by atoms with Crippen LogP contribution in [0.3, 0.4) is 0 Å². The first-order chi connectivity index (χ1) is 7.45. The molecule has 0 bridgehead atoms. The van der Waals surface area contributed by atoms with Gasteiger partial charge in [0.1, 0.15) is 6.04 Å². The molecule has 16 heavy (non-hydrogen) atoms. The number of hydrogen-bond donors (Lipinski definition) is 4. The van der Waals surface area contributed by atoms with Crippen molar-refractivity contribution in [2.24, 2.45) is 11.5 Å². The summed E-state index contributed by atoms with van der Waals surface area (Å²) in [6, 6.07) is -1.06. The van der Waals surface area contributed by atoms with Crippen LogP contribution >= 0.6 is 0 Å². The molecular weight excluding hydrogens is 212 g/mol. The van der Waals surface area contributed by atoms with Crippen molar-refractivity contribution in [2.45, 2.75) is 45.1 Å². The fraction of sp³-hybridized carbons (Fsp3) is 0.800. The summed E-state index contributed by atoms with van der Waals surface area (Å²) in [6.45, 7) is 3.03. The van der Waals surface area contributed by atoms with E-state index >= 15 is 0 Å². The fourth-order valence-corrected chi connectivity index (χ4v) is 0.797. The summed E-state index contributed by atoms with van der Waals surface area (Å²) in [5.41, 5.74) is 10.2. The Morgan fingerprint density at radius 2 is 1.81 bits per heavy atom. The summed E-state index contributed by atoms with van der Waals surface area (Å²) < 4.78 is 0. The van der Waals surface area contributed by atoms with Gasteiger partial charge in [0.15, 0.2) is 0 Å². The van der Waals surface area contributed by atoms with E-state index in [9.17, 15) is 9.59 Å². The van der Waals surface area contributed by atoms with E-state index in [4.69, 9.17) is 21.7 Å². The highest BCUT2D eigenvalue weighted by molar-refractivity contribution is 5.74. The van der Waals surface area contributed by atoms with Gasteiger partial charge in [-0.25, -0.2) is 0 Å². The van der Waals surface area contributed by atoms with Crippen molar-refractivity contribution in [3.63, 3.8) is 0 Å². The van der Waals surface area contributed by atoms with Gasteiger partial charge in [-0.05, 0) is 19.4 Å². The van der Waals surface area contributed by atoms with Crippen LogP contribution in [0.2, 0.25) is 0 Å². The molecule has 6 N–H and O–H groups in total. The van der Waals surface area contributed by atoms with E-state index in [1.54, 1.807) is 0 Å². The second-order valence-electron chi connectivity index (χ2n) is 3.37. The molecule has 0 saturated carbocycles. The van der Waals surface area contributed by atoms with Crippen molar-refractivity contribution < 1.29 is 19.8 Å². The Bertz CT molecular complexity index is 193. The summed E-state index contributed by atoms with van der Waals surface area (Å²) >= 11 is 0. The number of carboxylic acids is 2. The van der Waals surface area contributed by atoms with Gasteiger partial charge in [0.25, 0.3) is 0 Å². The molecule has 6 heteroatoms. The highest BCUT2D eigenvalue weighted by atomic mass is 16.4. The Morgan fingerprint density at radius 1 is 1.25 bits per heavy atom. The third-order valence-corrected chi connectivity index (χ3v) is 1.79. The lowest BCUT2D eigenvalue weighted by atomic mass is 10.2. The van der Waals surface area contributed by atoms with Crippen LogP contribution in [0, 0.1) is 0 Å². The van der Waals surface area contributed by atoms with Gasteiger partial charge < -0.3 is 21.7 Å². The summed E-state index contributed by atoms with van der Waals surface area (Å²) in [6.07, 6.45) is 3.53. The van der Waals surface area contributed by atoms with Crippen LogP contribution in [0.5, 0.6) is 0 Å². The summed E-state index contributed by atoms with van der Waals surface area (Å²) in [7, 11) is 0. The maximum Gasteiger partial charge on any atom is 0.320 e. The highest BCUT2D eigenvalue weighted by Gasteiger charge is 2.12. The van der Waals surface area contributed by atoms with Gasteiger partial charge in [0.2, 0.25) is 0 Å². The van der Waals surface area contributed by atoms with Gasteiger partial charge in [0, 0.05) is 6.42 Å². The molecule has 0 aromatic carbocycles. The van der Waals surface area contributed by atoms with Crippen molar-refractivity contribution in [3.05, 3.63) is 0 Å². The Hall–Kier alpha value is -1.14. The van der Waals surface area contributed by atoms with E-state index in [1.807, 2.05) is 0 Å². The monoisotopic (exact) mass is 234 g/mol. The molecule has 0 fully saturated rings. The van der Waals surface area contributed by atoms with Crippen LogP contribution in [0.4, 0.5) is 0 Å². The van der Waals surface area contributed by atoms with E-state index in [2.05, 4.69) is 6.92 Å². The zero-order valence-electron chi connectivity index (χ0n) is 9.69. The predicted octanol–water partition coefficient (Wildman–Crippen LogP) is 0.398. The largest absolute Gasteiger partial charge is 0.481 e. The molecule has 0 aliphatic rings. The van der Waals surface area contributed by atoms with Crippen LogP contribution < -0.4 is 11.5 Å². The Kier molecular flexibility index (Phi) is 12.9. The lowest BCUT2D eigenvalue weighted by Gasteiger charge is -2.01. The summed E-state index contributed by atoms with van der Waals surface area (Å²) in [5, 5.41) is 16.3. The lowest BCUT2D eigenvalue weighted by Crippen LogP contribution is -2.30. The molecule has 0 rings (SSSR count). The number of aliphatic carboxylic acids is 2. The fourth-order valence-electron chi connectivity index (χ4n) is 0.797. The quantitative estimate of drug-likeness (QED) is 0.472. The molecule has 0 amide bonds. The molecule has 1 atom stereocenters. The topological polar surface area (TPSA) is 127 Å². The SMILES string of the molecule is CCCCCN.NC(CCC(=O)O)C(=O)O. The molecule has 1 unspecified atom stereocenters. The third kappa shape index (κ3) is 15.3. The van der Waals surface area contributed by atoms with Crippen molar-refractivity contribution in [2.75, 3.05) is 6.54 Å². The van der Waals surface area contributed by atoms with Crippen LogP contribution in [0.15, 0.2) is 0 Å². The minimum atomic E-state index is -1.17. The molecule has 0 radical (unpaired) electrons. The maximum atomic E-state index is 9.99. The number of hydrogen-bond acceptors (Lipinski definition) is 4. The van der Waals surface area contributed by atoms with Crippen LogP contribution in [-0.4, -0.2) is 34.7 Å².